The molecule has 0 spiro atoms. The van der Waals surface area contributed by atoms with Crippen molar-refractivity contribution in [2.24, 2.45) is 0 Å². The second kappa shape index (κ2) is 10.9. The highest BCUT2D eigenvalue weighted by Gasteiger charge is 2.11. The number of rotatable bonds is 10. The van der Waals surface area contributed by atoms with E-state index in [2.05, 4.69) is 5.32 Å². The first-order chi connectivity index (χ1) is 15.1. The molecule has 0 saturated carbocycles. The lowest BCUT2D eigenvalue weighted by atomic mass is 10.1. The second-order valence-electron chi connectivity index (χ2n) is 6.89. The Morgan fingerprint density at radius 1 is 0.774 bits per heavy atom. The molecule has 1 amide bonds. The van der Waals surface area contributed by atoms with Gasteiger partial charge in [-0.15, -0.1) is 0 Å². The smallest absolute Gasteiger partial charge is 0.224 e. The number of ether oxygens (including phenoxy) is 4. The Hall–Kier alpha value is -3.67. The fraction of sp³-hybridized carbons (Fsp3) is 0.240. The molecule has 0 aliphatic carbocycles. The first-order valence-electron chi connectivity index (χ1n) is 9.94. The van der Waals surface area contributed by atoms with Gasteiger partial charge in [0.05, 0.1) is 27.8 Å². The molecule has 0 fully saturated rings. The Labute approximate surface area is 182 Å². The fourth-order valence-corrected chi connectivity index (χ4v) is 3.11. The van der Waals surface area contributed by atoms with Crippen LogP contribution < -0.4 is 24.3 Å². The van der Waals surface area contributed by atoms with Crippen LogP contribution in [0.5, 0.6) is 23.0 Å². The number of carbonyl (C=O) groups excluding carboxylic acids is 1. The Morgan fingerprint density at radius 2 is 1.55 bits per heavy atom. The lowest BCUT2D eigenvalue weighted by molar-refractivity contribution is -0.120. The zero-order valence-electron chi connectivity index (χ0n) is 18.0. The van der Waals surface area contributed by atoms with E-state index in [9.17, 15) is 4.79 Å². The van der Waals surface area contributed by atoms with E-state index in [0.29, 0.717) is 36.1 Å². The van der Waals surface area contributed by atoms with Gasteiger partial charge in [0.15, 0.2) is 11.5 Å². The van der Waals surface area contributed by atoms with Gasteiger partial charge in [0.25, 0.3) is 0 Å². The van der Waals surface area contributed by atoms with Crippen molar-refractivity contribution < 1.29 is 23.7 Å². The SMILES string of the molecule is COc1ccc(CC(=O)NCc2ccc(OCc3ccccc3)c(OC)c2)c(OC)c1. The number of benzene rings is 3. The van der Waals surface area contributed by atoms with Crippen LogP contribution in [0, 0.1) is 0 Å². The van der Waals surface area contributed by atoms with E-state index in [-0.39, 0.29) is 12.3 Å². The maximum atomic E-state index is 12.4. The van der Waals surface area contributed by atoms with E-state index in [1.807, 2.05) is 60.7 Å². The van der Waals surface area contributed by atoms with Gasteiger partial charge >= 0.3 is 0 Å². The van der Waals surface area contributed by atoms with Gasteiger partial charge in [-0.05, 0) is 29.3 Å². The zero-order valence-corrected chi connectivity index (χ0v) is 18.0. The van der Waals surface area contributed by atoms with Crippen LogP contribution in [-0.4, -0.2) is 27.2 Å². The molecule has 0 saturated heterocycles. The van der Waals surface area contributed by atoms with Gasteiger partial charge in [0, 0.05) is 18.2 Å². The molecule has 1 N–H and O–H groups in total. The Morgan fingerprint density at radius 3 is 2.26 bits per heavy atom. The summed E-state index contributed by atoms with van der Waals surface area (Å²) >= 11 is 0. The van der Waals surface area contributed by atoms with Crippen molar-refractivity contribution in [2.45, 2.75) is 19.6 Å². The molecule has 3 aromatic carbocycles. The molecule has 3 aromatic rings. The Kier molecular flexibility index (Phi) is 7.76. The Balaban J connectivity index is 1.58. The first-order valence-corrected chi connectivity index (χ1v) is 9.94. The second-order valence-corrected chi connectivity index (χ2v) is 6.89. The topological polar surface area (TPSA) is 66.0 Å². The van der Waals surface area contributed by atoms with Crippen LogP contribution in [0.2, 0.25) is 0 Å². The molecular weight excluding hydrogens is 394 g/mol. The summed E-state index contributed by atoms with van der Waals surface area (Å²) in [5.74, 6) is 2.48. The van der Waals surface area contributed by atoms with E-state index >= 15 is 0 Å². The highest BCUT2D eigenvalue weighted by Crippen LogP contribution is 2.29. The summed E-state index contributed by atoms with van der Waals surface area (Å²) in [4.78, 5) is 12.4. The number of hydrogen-bond acceptors (Lipinski definition) is 5. The number of nitrogens with one attached hydrogen (secondary N) is 1. The van der Waals surface area contributed by atoms with E-state index < -0.39 is 0 Å². The Bertz CT molecular complexity index is 1000. The van der Waals surface area contributed by atoms with Gasteiger partial charge < -0.3 is 24.3 Å². The zero-order chi connectivity index (χ0) is 22.1. The number of methoxy groups -OCH3 is 3. The summed E-state index contributed by atoms with van der Waals surface area (Å²) in [6.45, 7) is 0.837. The van der Waals surface area contributed by atoms with Crippen LogP contribution in [0.4, 0.5) is 0 Å². The average Bonchev–Trinajstić information content (AvgIpc) is 2.82. The van der Waals surface area contributed by atoms with Crippen LogP contribution in [0.3, 0.4) is 0 Å². The maximum Gasteiger partial charge on any atom is 0.224 e. The quantitative estimate of drug-likeness (QED) is 0.533. The molecule has 0 aliphatic heterocycles. The van der Waals surface area contributed by atoms with E-state index in [1.54, 1.807) is 27.4 Å². The van der Waals surface area contributed by atoms with Crippen LogP contribution in [0.15, 0.2) is 66.7 Å². The lowest BCUT2D eigenvalue weighted by Gasteiger charge is -2.13. The summed E-state index contributed by atoms with van der Waals surface area (Å²) < 4.78 is 21.9. The summed E-state index contributed by atoms with van der Waals surface area (Å²) in [6, 6.07) is 21.0. The summed E-state index contributed by atoms with van der Waals surface area (Å²) in [5, 5.41) is 2.93. The largest absolute Gasteiger partial charge is 0.497 e. The minimum atomic E-state index is -0.105. The van der Waals surface area contributed by atoms with Gasteiger partial charge in [-0.3, -0.25) is 4.79 Å². The molecule has 0 bridgehead atoms. The maximum absolute atomic E-state index is 12.4. The highest BCUT2D eigenvalue weighted by atomic mass is 16.5. The van der Waals surface area contributed by atoms with Crippen molar-refractivity contribution in [2.75, 3.05) is 21.3 Å². The van der Waals surface area contributed by atoms with E-state index in [4.69, 9.17) is 18.9 Å². The summed E-state index contributed by atoms with van der Waals surface area (Å²) in [7, 11) is 4.76. The molecule has 0 aromatic heterocycles. The molecule has 0 heterocycles. The molecule has 0 unspecified atom stereocenters. The number of carbonyl (C=O) groups is 1. The van der Waals surface area contributed by atoms with Crippen LogP contribution >= 0.6 is 0 Å². The molecule has 6 nitrogen and oxygen atoms in total. The third-order valence-corrected chi connectivity index (χ3v) is 4.80. The van der Waals surface area contributed by atoms with Gasteiger partial charge in [0.2, 0.25) is 5.91 Å². The van der Waals surface area contributed by atoms with Crippen molar-refractivity contribution in [3.8, 4) is 23.0 Å². The molecule has 0 atom stereocenters. The van der Waals surface area contributed by atoms with Gasteiger partial charge in [-0.2, -0.15) is 0 Å². The van der Waals surface area contributed by atoms with Crippen molar-refractivity contribution in [1.29, 1.82) is 0 Å². The third-order valence-electron chi connectivity index (χ3n) is 4.80. The van der Waals surface area contributed by atoms with Crippen LogP contribution in [0.1, 0.15) is 16.7 Å². The molecule has 0 radical (unpaired) electrons. The highest BCUT2D eigenvalue weighted by molar-refractivity contribution is 5.79. The predicted molar refractivity (Wildman–Crippen MR) is 119 cm³/mol. The molecular formula is C25H27NO5. The van der Waals surface area contributed by atoms with Crippen molar-refractivity contribution in [3.05, 3.63) is 83.4 Å². The molecule has 6 heteroatoms. The van der Waals surface area contributed by atoms with Crippen molar-refractivity contribution in [1.82, 2.24) is 5.32 Å². The molecule has 0 aliphatic rings. The lowest BCUT2D eigenvalue weighted by Crippen LogP contribution is -2.24. The fourth-order valence-electron chi connectivity index (χ4n) is 3.11. The molecule has 162 valence electrons. The van der Waals surface area contributed by atoms with Crippen molar-refractivity contribution >= 4 is 5.91 Å². The van der Waals surface area contributed by atoms with Gasteiger partial charge in [-0.1, -0.05) is 42.5 Å². The average molecular weight is 421 g/mol. The minimum Gasteiger partial charge on any atom is -0.497 e. The van der Waals surface area contributed by atoms with Crippen molar-refractivity contribution in [3.63, 3.8) is 0 Å². The normalized spacial score (nSPS) is 10.3. The van der Waals surface area contributed by atoms with E-state index in [0.717, 1.165) is 16.7 Å². The summed E-state index contributed by atoms with van der Waals surface area (Å²) in [6.07, 6.45) is 0.211. The van der Waals surface area contributed by atoms with Crippen LogP contribution in [0.25, 0.3) is 0 Å². The number of amides is 1. The first kappa shape index (κ1) is 22.0. The van der Waals surface area contributed by atoms with Crippen LogP contribution in [-0.2, 0) is 24.4 Å². The number of hydrogen-bond donors (Lipinski definition) is 1. The van der Waals surface area contributed by atoms with Gasteiger partial charge in [-0.25, -0.2) is 0 Å². The summed E-state index contributed by atoms with van der Waals surface area (Å²) in [5.41, 5.74) is 2.79. The monoisotopic (exact) mass is 421 g/mol. The molecule has 31 heavy (non-hydrogen) atoms. The van der Waals surface area contributed by atoms with Gasteiger partial charge in [0.1, 0.15) is 18.1 Å². The molecule has 3 rings (SSSR count). The third kappa shape index (κ3) is 6.15. The minimum absolute atomic E-state index is 0.105. The van der Waals surface area contributed by atoms with E-state index in [1.165, 1.54) is 0 Å². The predicted octanol–water partition coefficient (Wildman–Crippen LogP) is 4.15. The standard InChI is InChI=1S/C25H27NO5/c1-28-21-11-10-20(23(15-21)29-2)14-25(27)26-16-19-9-12-22(24(13-19)30-3)31-17-18-7-5-4-6-8-18/h4-13,15H,14,16-17H2,1-3H3,(H,26,27).